The number of methoxy groups -OCH3 is 1. The second-order valence-electron chi connectivity index (χ2n) is 4.23. The van der Waals surface area contributed by atoms with Crippen LogP contribution in [0.3, 0.4) is 0 Å². The number of nitrogens with two attached hydrogens (primary N) is 1. The van der Waals surface area contributed by atoms with Crippen molar-refractivity contribution < 1.29 is 9.47 Å². The molecule has 5 heteroatoms. The molecule has 0 aliphatic carbocycles. The molecule has 0 unspecified atom stereocenters. The molecule has 0 radical (unpaired) electrons. The molecule has 0 fully saturated rings. The first-order valence-corrected chi connectivity index (χ1v) is 6.78. The van der Waals surface area contributed by atoms with E-state index in [0.29, 0.717) is 23.7 Å². The fourth-order valence-corrected chi connectivity index (χ4v) is 2.17. The van der Waals surface area contributed by atoms with E-state index in [2.05, 4.69) is 15.9 Å². The lowest BCUT2D eigenvalue weighted by Gasteiger charge is -2.10. The van der Waals surface area contributed by atoms with Crippen LogP contribution in [-0.2, 0) is 6.61 Å². The first-order chi connectivity index (χ1) is 9.58. The first-order valence-electron chi connectivity index (χ1n) is 5.99. The fraction of sp³-hybridized carbons (Fsp3) is 0.133. The molecule has 20 heavy (non-hydrogen) atoms. The summed E-state index contributed by atoms with van der Waals surface area (Å²) in [6.07, 6.45) is 0. The van der Waals surface area contributed by atoms with E-state index >= 15 is 0 Å². The number of rotatable bonds is 5. The quantitative estimate of drug-likeness (QED) is 0.651. The molecule has 0 atom stereocenters. The average molecular weight is 335 g/mol. The van der Waals surface area contributed by atoms with E-state index < -0.39 is 0 Å². The number of nitrogens with one attached hydrogen (secondary N) is 1. The fourth-order valence-electron chi connectivity index (χ4n) is 1.72. The Hall–Kier alpha value is -2.01. The van der Waals surface area contributed by atoms with Gasteiger partial charge in [-0.05, 0) is 29.8 Å². The highest BCUT2D eigenvalue weighted by Crippen LogP contribution is 2.23. The number of nitrogen functional groups attached to an aromatic ring is 1. The molecule has 4 nitrogen and oxygen atoms in total. The number of hydrogen-bond acceptors (Lipinski definition) is 3. The summed E-state index contributed by atoms with van der Waals surface area (Å²) in [5.74, 6) is 1.22. The molecule has 0 spiro atoms. The van der Waals surface area contributed by atoms with Gasteiger partial charge in [-0.2, -0.15) is 0 Å². The minimum Gasteiger partial charge on any atom is -0.497 e. The van der Waals surface area contributed by atoms with E-state index in [4.69, 9.17) is 20.6 Å². The Balaban J connectivity index is 2.16. The standard InChI is InChI=1S/C15H15BrN2O2/c1-19-13-6-11(15(17)18)7-14(8-13)20-9-10-3-2-4-12(16)5-10/h2-8H,9H2,1H3,(H3,17,18). The van der Waals surface area contributed by atoms with E-state index in [1.807, 2.05) is 24.3 Å². The van der Waals surface area contributed by atoms with E-state index in [-0.39, 0.29) is 5.84 Å². The van der Waals surface area contributed by atoms with Gasteiger partial charge in [0.1, 0.15) is 23.9 Å². The molecule has 2 rings (SSSR count). The summed E-state index contributed by atoms with van der Waals surface area (Å²) in [5, 5.41) is 7.49. The van der Waals surface area contributed by atoms with Gasteiger partial charge >= 0.3 is 0 Å². The highest BCUT2D eigenvalue weighted by molar-refractivity contribution is 9.10. The van der Waals surface area contributed by atoms with Crippen molar-refractivity contribution in [3.8, 4) is 11.5 Å². The topological polar surface area (TPSA) is 68.3 Å². The van der Waals surface area contributed by atoms with Crippen molar-refractivity contribution in [3.05, 3.63) is 58.1 Å². The van der Waals surface area contributed by atoms with Crippen LogP contribution in [0.2, 0.25) is 0 Å². The molecule has 0 amide bonds. The molecule has 0 heterocycles. The van der Waals surface area contributed by atoms with Crippen LogP contribution in [0.15, 0.2) is 46.9 Å². The predicted molar refractivity (Wildman–Crippen MR) is 82.5 cm³/mol. The van der Waals surface area contributed by atoms with E-state index in [0.717, 1.165) is 10.0 Å². The van der Waals surface area contributed by atoms with Crippen molar-refractivity contribution in [2.24, 2.45) is 5.73 Å². The van der Waals surface area contributed by atoms with Crippen LogP contribution in [0.25, 0.3) is 0 Å². The van der Waals surface area contributed by atoms with Gasteiger partial charge in [0.05, 0.1) is 7.11 Å². The van der Waals surface area contributed by atoms with Crippen molar-refractivity contribution in [1.29, 1.82) is 5.41 Å². The van der Waals surface area contributed by atoms with Crippen LogP contribution < -0.4 is 15.2 Å². The summed E-state index contributed by atoms with van der Waals surface area (Å²) in [4.78, 5) is 0. The number of halogens is 1. The third-order valence-electron chi connectivity index (χ3n) is 2.72. The number of benzene rings is 2. The molecule has 0 saturated carbocycles. The number of hydrogen-bond donors (Lipinski definition) is 2. The van der Waals surface area contributed by atoms with Crippen LogP contribution in [-0.4, -0.2) is 12.9 Å². The zero-order chi connectivity index (χ0) is 14.5. The van der Waals surface area contributed by atoms with Gasteiger partial charge in [0.25, 0.3) is 0 Å². The van der Waals surface area contributed by atoms with E-state index in [1.165, 1.54) is 0 Å². The van der Waals surface area contributed by atoms with E-state index in [1.54, 1.807) is 25.3 Å². The highest BCUT2D eigenvalue weighted by Gasteiger charge is 2.05. The first kappa shape index (κ1) is 14.4. The monoisotopic (exact) mass is 334 g/mol. The van der Waals surface area contributed by atoms with Crippen LogP contribution in [0.1, 0.15) is 11.1 Å². The summed E-state index contributed by atoms with van der Waals surface area (Å²) in [6.45, 7) is 0.434. The third-order valence-corrected chi connectivity index (χ3v) is 3.21. The van der Waals surface area contributed by atoms with Gasteiger partial charge in [0.2, 0.25) is 0 Å². The smallest absolute Gasteiger partial charge is 0.124 e. The largest absolute Gasteiger partial charge is 0.497 e. The molecule has 0 aromatic heterocycles. The summed E-state index contributed by atoms with van der Waals surface area (Å²) in [6, 6.07) is 13.1. The summed E-state index contributed by atoms with van der Waals surface area (Å²) in [7, 11) is 1.57. The Morgan fingerprint density at radius 1 is 1.20 bits per heavy atom. The maximum absolute atomic E-state index is 7.49. The van der Waals surface area contributed by atoms with Crippen LogP contribution >= 0.6 is 15.9 Å². The number of ether oxygens (including phenoxy) is 2. The van der Waals surface area contributed by atoms with Gasteiger partial charge in [0, 0.05) is 16.1 Å². The van der Waals surface area contributed by atoms with Crippen molar-refractivity contribution >= 4 is 21.8 Å². The predicted octanol–water partition coefficient (Wildman–Crippen LogP) is 3.32. The minimum atomic E-state index is -0.0174. The Kier molecular flexibility index (Phi) is 4.63. The van der Waals surface area contributed by atoms with Gasteiger partial charge in [-0.3, -0.25) is 5.41 Å². The molecular weight excluding hydrogens is 320 g/mol. The molecule has 3 N–H and O–H groups in total. The van der Waals surface area contributed by atoms with Gasteiger partial charge in [-0.1, -0.05) is 28.1 Å². The van der Waals surface area contributed by atoms with Gasteiger partial charge < -0.3 is 15.2 Å². The lowest BCUT2D eigenvalue weighted by molar-refractivity contribution is 0.303. The molecule has 2 aromatic rings. The van der Waals surface area contributed by atoms with Crippen LogP contribution in [0.5, 0.6) is 11.5 Å². The van der Waals surface area contributed by atoms with Gasteiger partial charge in [0.15, 0.2) is 0 Å². The van der Waals surface area contributed by atoms with Crippen molar-refractivity contribution in [1.82, 2.24) is 0 Å². The Labute approximate surface area is 126 Å². The molecule has 0 aliphatic rings. The molecule has 104 valence electrons. The molecule has 0 aliphatic heterocycles. The second kappa shape index (κ2) is 6.43. The maximum atomic E-state index is 7.49. The number of amidine groups is 1. The molecular formula is C15H15BrN2O2. The minimum absolute atomic E-state index is 0.0174. The SMILES string of the molecule is COc1cc(OCc2cccc(Br)c2)cc(C(=N)N)c1. The summed E-state index contributed by atoms with van der Waals surface area (Å²) >= 11 is 3.42. The Bertz CT molecular complexity index is 629. The van der Waals surface area contributed by atoms with Gasteiger partial charge in [-0.15, -0.1) is 0 Å². The molecule has 0 saturated heterocycles. The van der Waals surface area contributed by atoms with Crippen molar-refractivity contribution in [2.45, 2.75) is 6.61 Å². The van der Waals surface area contributed by atoms with Crippen molar-refractivity contribution in [2.75, 3.05) is 7.11 Å². The lowest BCUT2D eigenvalue weighted by Crippen LogP contribution is -2.11. The molecule has 2 aromatic carbocycles. The highest BCUT2D eigenvalue weighted by atomic mass is 79.9. The van der Waals surface area contributed by atoms with Crippen LogP contribution in [0.4, 0.5) is 0 Å². The summed E-state index contributed by atoms with van der Waals surface area (Å²) < 4.78 is 11.9. The maximum Gasteiger partial charge on any atom is 0.124 e. The Morgan fingerprint density at radius 3 is 2.60 bits per heavy atom. The van der Waals surface area contributed by atoms with Gasteiger partial charge in [-0.25, -0.2) is 0 Å². The van der Waals surface area contributed by atoms with E-state index in [9.17, 15) is 0 Å². The second-order valence-corrected chi connectivity index (χ2v) is 5.15. The molecule has 0 bridgehead atoms. The normalized spacial score (nSPS) is 10.1. The third kappa shape index (κ3) is 3.74. The zero-order valence-corrected chi connectivity index (χ0v) is 12.6. The lowest BCUT2D eigenvalue weighted by atomic mass is 10.2. The van der Waals surface area contributed by atoms with Crippen LogP contribution in [0, 0.1) is 5.41 Å². The Morgan fingerprint density at radius 2 is 1.95 bits per heavy atom. The average Bonchev–Trinajstić information content (AvgIpc) is 2.45. The van der Waals surface area contributed by atoms with Crippen molar-refractivity contribution in [3.63, 3.8) is 0 Å². The zero-order valence-electron chi connectivity index (χ0n) is 11.0. The summed E-state index contributed by atoms with van der Waals surface area (Å²) in [5.41, 5.74) is 7.12.